The van der Waals surface area contributed by atoms with Crippen LogP contribution in [0, 0.1) is 6.92 Å². The maximum Gasteiger partial charge on any atom is 0.237 e. The van der Waals surface area contributed by atoms with Gasteiger partial charge in [0.1, 0.15) is 0 Å². The standard InChI is InChI=1S/C14H22N2OS.ClH/c1-10(9-12-7-6-11(2)18-12)16-14(17)13-5-3-4-8-15-13;/h6-7,10,13,15H,3-5,8-9H2,1-2H3,(H,16,17);1H. The first-order valence-corrected chi connectivity index (χ1v) is 7.56. The molecule has 1 amide bonds. The zero-order valence-electron chi connectivity index (χ0n) is 11.6. The average Bonchev–Trinajstić information content (AvgIpc) is 2.75. The number of carbonyl (C=O) groups excluding carboxylic acids is 1. The smallest absolute Gasteiger partial charge is 0.237 e. The first-order chi connectivity index (χ1) is 8.65. The highest BCUT2D eigenvalue weighted by molar-refractivity contribution is 7.11. The maximum absolute atomic E-state index is 12.0. The fourth-order valence-electron chi connectivity index (χ4n) is 2.37. The summed E-state index contributed by atoms with van der Waals surface area (Å²) < 4.78 is 0. The summed E-state index contributed by atoms with van der Waals surface area (Å²) in [4.78, 5) is 14.7. The third-order valence-electron chi connectivity index (χ3n) is 3.32. The van der Waals surface area contributed by atoms with Gasteiger partial charge in [-0.3, -0.25) is 4.79 Å². The molecule has 1 aliphatic heterocycles. The summed E-state index contributed by atoms with van der Waals surface area (Å²) in [5.74, 6) is 0.162. The van der Waals surface area contributed by atoms with Gasteiger partial charge in [-0.05, 0) is 45.4 Å². The lowest BCUT2D eigenvalue weighted by atomic mass is 10.0. The van der Waals surface area contributed by atoms with Gasteiger partial charge < -0.3 is 10.6 Å². The first kappa shape index (κ1) is 16.5. The molecule has 1 aromatic rings. The zero-order chi connectivity index (χ0) is 13.0. The van der Waals surface area contributed by atoms with E-state index in [-0.39, 0.29) is 30.4 Å². The minimum Gasteiger partial charge on any atom is -0.352 e. The topological polar surface area (TPSA) is 41.1 Å². The van der Waals surface area contributed by atoms with Crippen molar-refractivity contribution >= 4 is 29.7 Å². The second-order valence-electron chi connectivity index (χ2n) is 5.13. The minimum absolute atomic E-state index is 0. The van der Waals surface area contributed by atoms with Crippen molar-refractivity contribution in [2.75, 3.05) is 6.54 Å². The zero-order valence-corrected chi connectivity index (χ0v) is 13.2. The molecular formula is C14H23ClN2OS. The van der Waals surface area contributed by atoms with Crippen LogP contribution in [0.5, 0.6) is 0 Å². The second-order valence-corrected chi connectivity index (χ2v) is 6.50. The summed E-state index contributed by atoms with van der Waals surface area (Å²) in [6, 6.07) is 4.52. The van der Waals surface area contributed by atoms with E-state index in [2.05, 4.69) is 36.6 Å². The molecule has 108 valence electrons. The molecule has 2 heterocycles. The third-order valence-corrected chi connectivity index (χ3v) is 4.34. The van der Waals surface area contributed by atoms with Crippen molar-refractivity contribution < 1.29 is 4.79 Å². The van der Waals surface area contributed by atoms with Crippen LogP contribution in [0.4, 0.5) is 0 Å². The van der Waals surface area contributed by atoms with E-state index in [0.717, 1.165) is 25.8 Å². The Morgan fingerprint density at radius 1 is 1.53 bits per heavy atom. The predicted molar refractivity (Wildman–Crippen MR) is 83.3 cm³/mol. The Morgan fingerprint density at radius 2 is 2.32 bits per heavy atom. The molecule has 0 aromatic carbocycles. The van der Waals surface area contributed by atoms with E-state index in [1.807, 2.05) is 11.3 Å². The number of hydrogen-bond donors (Lipinski definition) is 2. The van der Waals surface area contributed by atoms with Crippen LogP contribution >= 0.6 is 23.7 Å². The molecule has 5 heteroatoms. The summed E-state index contributed by atoms with van der Waals surface area (Å²) in [7, 11) is 0. The summed E-state index contributed by atoms with van der Waals surface area (Å²) in [5.41, 5.74) is 0. The Kier molecular flexibility index (Phi) is 6.83. The molecule has 1 saturated heterocycles. The van der Waals surface area contributed by atoms with Gasteiger partial charge in [-0.15, -0.1) is 23.7 Å². The minimum atomic E-state index is 0. The van der Waals surface area contributed by atoms with Crippen molar-refractivity contribution in [1.29, 1.82) is 0 Å². The quantitative estimate of drug-likeness (QED) is 0.898. The fourth-order valence-corrected chi connectivity index (χ4v) is 3.39. The number of hydrogen-bond acceptors (Lipinski definition) is 3. The van der Waals surface area contributed by atoms with E-state index >= 15 is 0 Å². The molecule has 3 nitrogen and oxygen atoms in total. The Balaban J connectivity index is 0.00000180. The number of halogens is 1. The lowest BCUT2D eigenvalue weighted by Gasteiger charge is -2.24. The number of piperidine rings is 1. The first-order valence-electron chi connectivity index (χ1n) is 6.74. The highest BCUT2D eigenvalue weighted by Crippen LogP contribution is 2.17. The Hall–Kier alpha value is -0.580. The average molecular weight is 303 g/mol. The van der Waals surface area contributed by atoms with Crippen LogP contribution in [-0.2, 0) is 11.2 Å². The van der Waals surface area contributed by atoms with E-state index in [1.54, 1.807) is 0 Å². The summed E-state index contributed by atoms with van der Waals surface area (Å²) in [6.07, 6.45) is 4.24. The lowest BCUT2D eigenvalue weighted by molar-refractivity contribution is -0.124. The largest absolute Gasteiger partial charge is 0.352 e. The van der Waals surface area contributed by atoms with E-state index in [4.69, 9.17) is 0 Å². The summed E-state index contributed by atoms with van der Waals surface area (Å²) in [5, 5.41) is 6.40. The number of nitrogens with one attached hydrogen (secondary N) is 2. The number of amides is 1. The van der Waals surface area contributed by atoms with E-state index < -0.39 is 0 Å². The summed E-state index contributed by atoms with van der Waals surface area (Å²) >= 11 is 1.81. The van der Waals surface area contributed by atoms with Gasteiger partial charge in [0.15, 0.2) is 0 Å². The number of carbonyl (C=O) groups is 1. The van der Waals surface area contributed by atoms with Crippen LogP contribution in [0.1, 0.15) is 35.9 Å². The van der Waals surface area contributed by atoms with Gasteiger partial charge >= 0.3 is 0 Å². The second kappa shape index (κ2) is 7.88. The monoisotopic (exact) mass is 302 g/mol. The van der Waals surface area contributed by atoms with E-state index in [0.29, 0.717) is 0 Å². The van der Waals surface area contributed by atoms with Crippen molar-refractivity contribution in [3.63, 3.8) is 0 Å². The number of rotatable bonds is 4. The van der Waals surface area contributed by atoms with Crippen LogP contribution in [0.25, 0.3) is 0 Å². The van der Waals surface area contributed by atoms with Gasteiger partial charge in [0.25, 0.3) is 0 Å². The summed E-state index contributed by atoms with van der Waals surface area (Å²) in [6.45, 7) is 5.16. The predicted octanol–water partition coefficient (Wildman–Crippen LogP) is 2.67. The lowest BCUT2D eigenvalue weighted by Crippen LogP contribution is -2.49. The molecule has 1 fully saturated rings. The van der Waals surface area contributed by atoms with Gasteiger partial charge in [0.2, 0.25) is 5.91 Å². The van der Waals surface area contributed by atoms with Gasteiger partial charge in [-0.25, -0.2) is 0 Å². The van der Waals surface area contributed by atoms with Crippen LogP contribution in [0.15, 0.2) is 12.1 Å². The molecule has 0 radical (unpaired) electrons. The molecule has 0 bridgehead atoms. The third kappa shape index (κ3) is 5.13. The molecule has 2 rings (SSSR count). The van der Waals surface area contributed by atoms with Gasteiger partial charge in [-0.1, -0.05) is 6.42 Å². The van der Waals surface area contributed by atoms with Crippen molar-refractivity contribution in [1.82, 2.24) is 10.6 Å². The van der Waals surface area contributed by atoms with Crippen molar-refractivity contribution in [3.8, 4) is 0 Å². The number of aryl methyl sites for hydroxylation is 1. The Labute approximate surface area is 125 Å². The van der Waals surface area contributed by atoms with Gasteiger partial charge in [-0.2, -0.15) is 0 Å². The fraction of sp³-hybridized carbons (Fsp3) is 0.643. The van der Waals surface area contributed by atoms with Crippen molar-refractivity contribution in [2.24, 2.45) is 0 Å². The highest BCUT2D eigenvalue weighted by Gasteiger charge is 2.21. The van der Waals surface area contributed by atoms with Crippen LogP contribution < -0.4 is 10.6 Å². The van der Waals surface area contributed by atoms with Crippen molar-refractivity contribution in [2.45, 2.75) is 51.6 Å². The van der Waals surface area contributed by atoms with Crippen molar-refractivity contribution in [3.05, 3.63) is 21.9 Å². The molecule has 0 aliphatic carbocycles. The van der Waals surface area contributed by atoms with Gasteiger partial charge in [0.05, 0.1) is 6.04 Å². The Morgan fingerprint density at radius 3 is 2.89 bits per heavy atom. The van der Waals surface area contributed by atoms with Crippen LogP contribution in [-0.4, -0.2) is 24.5 Å². The molecule has 2 atom stereocenters. The van der Waals surface area contributed by atoms with Gasteiger partial charge in [0, 0.05) is 22.2 Å². The molecule has 1 aromatic heterocycles. The van der Waals surface area contributed by atoms with Crippen LogP contribution in [0.2, 0.25) is 0 Å². The van der Waals surface area contributed by atoms with E-state index in [9.17, 15) is 4.79 Å². The SMILES string of the molecule is Cc1ccc(CC(C)NC(=O)C2CCCCN2)s1.Cl. The molecule has 0 saturated carbocycles. The molecule has 2 N–H and O–H groups in total. The normalized spacial score (nSPS) is 20.4. The maximum atomic E-state index is 12.0. The Bertz CT molecular complexity index is 402. The molecule has 1 aliphatic rings. The number of thiophene rings is 1. The molecule has 19 heavy (non-hydrogen) atoms. The highest BCUT2D eigenvalue weighted by atomic mass is 35.5. The molecular weight excluding hydrogens is 280 g/mol. The van der Waals surface area contributed by atoms with E-state index in [1.165, 1.54) is 16.2 Å². The molecule has 2 unspecified atom stereocenters. The van der Waals surface area contributed by atoms with Crippen LogP contribution in [0.3, 0.4) is 0 Å². The molecule has 0 spiro atoms.